The van der Waals surface area contributed by atoms with E-state index in [0.29, 0.717) is 31.0 Å². The predicted molar refractivity (Wildman–Crippen MR) is 87.3 cm³/mol. The van der Waals surface area contributed by atoms with Crippen molar-refractivity contribution in [1.82, 2.24) is 14.9 Å². The van der Waals surface area contributed by atoms with Gasteiger partial charge in [-0.2, -0.15) is 5.26 Å². The minimum absolute atomic E-state index is 0.115. The normalized spacial score (nSPS) is 17.9. The van der Waals surface area contributed by atoms with Gasteiger partial charge in [-0.05, 0) is 12.1 Å². The van der Waals surface area contributed by atoms with Crippen LogP contribution < -0.4 is 4.90 Å². The maximum atomic E-state index is 12.6. The number of aromatic nitrogens is 2. The monoisotopic (exact) mass is 323 g/mol. The summed E-state index contributed by atoms with van der Waals surface area (Å²) in [5.41, 5.74) is 0.808. The Balaban J connectivity index is 1.79. The van der Waals surface area contributed by atoms with Crippen LogP contribution in [0.15, 0.2) is 42.7 Å². The fourth-order valence-electron chi connectivity index (χ4n) is 2.77. The van der Waals surface area contributed by atoms with Gasteiger partial charge in [0.25, 0.3) is 5.91 Å². The second kappa shape index (κ2) is 7.06. The van der Waals surface area contributed by atoms with Crippen molar-refractivity contribution in [2.45, 2.75) is 6.10 Å². The topological polar surface area (TPSA) is 93.4 Å². The number of hydrogen-bond acceptors (Lipinski definition) is 6. The fourth-order valence-corrected chi connectivity index (χ4v) is 2.77. The molecule has 24 heavy (non-hydrogen) atoms. The molecule has 2 aromatic rings. The SMILES string of the molecule is N#Cc1nccnc1N1CCN(C(=O)c2ccccc2)CC(O)C1. The van der Waals surface area contributed by atoms with Crippen LogP contribution in [0.4, 0.5) is 5.82 Å². The van der Waals surface area contributed by atoms with Gasteiger partial charge in [0, 0.05) is 44.1 Å². The van der Waals surface area contributed by atoms with Crippen LogP contribution >= 0.6 is 0 Å². The highest BCUT2D eigenvalue weighted by Crippen LogP contribution is 2.17. The first kappa shape index (κ1) is 15.9. The molecule has 1 atom stereocenters. The minimum atomic E-state index is -0.728. The van der Waals surface area contributed by atoms with Crippen LogP contribution in [0.5, 0.6) is 0 Å². The Hall–Kier alpha value is -2.98. The molecule has 122 valence electrons. The van der Waals surface area contributed by atoms with Crippen molar-refractivity contribution in [3.8, 4) is 6.07 Å². The first-order chi connectivity index (χ1) is 11.7. The van der Waals surface area contributed by atoms with Crippen LogP contribution in [0, 0.1) is 11.3 Å². The van der Waals surface area contributed by atoms with E-state index in [2.05, 4.69) is 9.97 Å². The number of carbonyl (C=O) groups is 1. The number of hydrogen-bond donors (Lipinski definition) is 1. The molecule has 0 radical (unpaired) electrons. The standard InChI is InChI=1S/C17H17N5O2/c18-10-15-16(20-7-6-19-15)21-8-9-22(12-14(23)11-21)17(24)13-4-2-1-3-5-13/h1-7,14,23H,8-9,11-12H2. The zero-order valence-electron chi connectivity index (χ0n) is 13.0. The van der Waals surface area contributed by atoms with Crippen LogP contribution in [-0.4, -0.2) is 58.2 Å². The van der Waals surface area contributed by atoms with Gasteiger partial charge in [0.05, 0.1) is 6.10 Å². The Morgan fingerprint density at radius 3 is 2.67 bits per heavy atom. The maximum absolute atomic E-state index is 12.6. The summed E-state index contributed by atoms with van der Waals surface area (Å²) in [6.45, 7) is 1.45. The summed E-state index contributed by atoms with van der Waals surface area (Å²) in [7, 11) is 0. The molecule has 1 saturated heterocycles. The number of aliphatic hydroxyl groups is 1. The van der Waals surface area contributed by atoms with Crippen LogP contribution in [0.1, 0.15) is 16.1 Å². The lowest BCUT2D eigenvalue weighted by molar-refractivity contribution is 0.0674. The van der Waals surface area contributed by atoms with Crippen LogP contribution in [-0.2, 0) is 0 Å². The van der Waals surface area contributed by atoms with Gasteiger partial charge < -0.3 is 14.9 Å². The highest BCUT2D eigenvalue weighted by atomic mass is 16.3. The molecular formula is C17H17N5O2. The Kier molecular flexibility index (Phi) is 4.68. The van der Waals surface area contributed by atoms with Gasteiger partial charge in [-0.1, -0.05) is 18.2 Å². The summed E-state index contributed by atoms with van der Waals surface area (Å²) >= 11 is 0. The van der Waals surface area contributed by atoms with Crippen LogP contribution in [0.3, 0.4) is 0 Å². The third kappa shape index (κ3) is 3.34. The molecule has 1 aromatic heterocycles. The number of nitriles is 1. The lowest BCUT2D eigenvalue weighted by atomic mass is 10.2. The Morgan fingerprint density at radius 1 is 1.17 bits per heavy atom. The van der Waals surface area contributed by atoms with Crippen molar-refractivity contribution < 1.29 is 9.90 Å². The zero-order chi connectivity index (χ0) is 16.9. The molecule has 0 saturated carbocycles. The molecule has 1 amide bonds. The smallest absolute Gasteiger partial charge is 0.254 e. The van der Waals surface area contributed by atoms with Crippen molar-refractivity contribution >= 4 is 11.7 Å². The van der Waals surface area contributed by atoms with Crippen LogP contribution in [0.25, 0.3) is 0 Å². The summed E-state index contributed by atoms with van der Waals surface area (Å²) in [4.78, 5) is 24.2. The molecule has 1 unspecified atom stereocenters. The van der Waals surface area contributed by atoms with Gasteiger partial charge in [-0.15, -0.1) is 0 Å². The molecule has 0 aliphatic carbocycles. The molecule has 1 aliphatic heterocycles. The lowest BCUT2D eigenvalue weighted by Gasteiger charge is -2.23. The van der Waals surface area contributed by atoms with Gasteiger partial charge in [0.1, 0.15) is 6.07 Å². The predicted octanol–water partition coefficient (Wildman–Crippen LogP) is 0.672. The molecular weight excluding hydrogens is 306 g/mol. The van der Waals surface area contributed by atoms with Crippen LogP contribution in [0.2, 0.25) is 0 Å². The number of anilines is 1. The maximum Gasteiger partial charge on any atom is 0.254 e. The average Bonchev–Trinajstić information content (AvgIpc) is 2.83. The molecule has 0 spiro atoms. The quantitative estimate of drug-likeness (QED) is 0.873. The highest BCUT2D eigenvalue weighted by molar-refractivity contribution is 5.94. The van der Waals surface area contributed by atoms with E-state index >= 15 is 0 Å². The summed E-state index contributed by atoms with van der Waals surface area (Å²) in [5, 5.41) is 19.5. The van der Waals surface area contributed by atoms with Gasteiger partial charge in [-0.3, -0.25) is 4.79 Å². The van der Waals surface area contributed by atoms with Gasteiger partial charge >= 0.3 is 0 Å². The molecule has 2 heterocycles. The van der Waals surface area contributed by atoms with Crippen molar-refractivity contribution in [3.63, 3.8) is 0 Å². The second-order valence-corrected chi connectivity index (χ2v) is 5.56. The van der Waals surface area contributed by atoms with Gasteiger partial charge in [0.15, 0.2) is 11.5 Å². The Labute approximate surface area is 139 Å². The molecule has 1 aromatic carbocycles. The molecule has 1 aliphatic rings. The van der Waals surface area contributed by atoms with E-state index < -0.39 is 6.10 Å². The molecule has 3 rings (SSSR count). The van der Waals surface area contributed by atoms with Gasteiger partial charge in [0.2, 0.25) is 0 Å². The molecule has 7 nitrogen and oxygen atoms in total. The molecule has 7 heteroatoms. The largest absolute Gasteiger partial charge is 0.389 e. The van der Waals surface area contributed by atoms with E-state index in [4.69, 9.17) is 5.26 Å². The number of aliphatic hydroxyl groups excluding tert-OH is 1. The minimum Gasteiger partial charge on any atom is -0.389 e. The third-order valence-electron chi connectivity index (χ3n) is 3.89. The second-order valence-electron chi connectivity index (χ2n) is 5.56. The van der Waals surface area contributed by atoms with Crippen molar-refractivity contribution in [2.75, 3.05) is 31.1 Å². The number of rotatable bonds is 2. The highest BCUT2D eigenvalue weighted by Gasteiger charge is 2.27. The summed E-state index contributed by atoms with van der Waals surface area (Å²) in [6.07, 6.45) is 2.25. The first-order valence-electron chi connectivity index (χ1n) is 7.67. The van der Waals surface area contributed by atoms with E-state index in [-0.39, 0.29) is 18.1 Å². The summed E-state index contributed by atoms with van der Waals surface area (Å²) in [6, 6.07) is 11.0. The Bertz CT molecular complexity index is 759. The number of β-amino-alcohol motifs (C(OH)–C–C–N with tert-alkyl or cyclic N) is 1. The lowest BCUT2D eigenvalue weighted by Crippen LogP contribution is -2.37. The van der Waals surface area contributed by atoms with E-state index in [1.807, 2.05) is 24.3 Å². The van der Waals surface area contributed by atoms with Crippen molar-refractivity contribution in [2.24, 2.45) is 0 Å². The third-order valence-corrected chi connectivity index (χ3v) is 3.89. The number of nitrogens with zero attached hydrogens (tertiary/aromatic N) is 5. The average molecular weight is 323 g/mol. The fraction of sp³-hybridized carbons (Fsp3) is 0.294. The van der Waals surface area contributed by atoms with E-state index in [0.717, 1.165) is 0 Å². The Morgan fingerprint density at radius 2 is 1.92 bits per heavy atom. The number of amides is 1. The van der Waals surface area contributed by atoms with E-state index in [1.165, 1.54) is 12.4 Å². The molecule has 1 fully saturated rings. The zero-order valence-corrected chi connectivity index (χ0v) is 13.0. The number of carbonyl (C=O) groups excluding carboxylic acids is 1. The van der Waals surface area contributed by atoms with E-state index in [1.54, 1.807) is 21.9 Å². The molecule has 1 N–H and O–H groups in total. The first-order valence-corrected chi connectivity index (χ1v) is 7.67. The summed E-state index contributed by atoms with van der Waals surface area (Å²) < 4.78 is 0. The molecule has 0 bridgehead atoms. The van der Waals surface area contributed by atoms with Gasteiger partial charge in [-0.25, -0.2) is 9.97 Å². The van der Waals surface area contributed by atoms with Crippen molar-refractivity contribution in [1.29, 1.82) is 5.26 Å². The van der Waals surface area contributed by atoms with E-state index in [9.17, 15) is 9.90 Å². The number of benzene rings is 1. The van der Waals surface area contributed by atoms with Crippen molar-refractivity contribution in [3.05, 3.63) is 54.0 Å². The summed E-state index contributed by atoms with van der Waals surface area (Å²) in [5.74, 6) is 0.323.